The van der Waals surface area contributed by atoms with Crippen molar-refractivity contribution in [3.63, 3.8) is 0 Å². The van der Waals surface area contributed by atoms with Crippen LogP contribution in [0.1, 0.15) is 42.9 Å². The third-order valence-corrected chi connectivity index (χ3v) is 7.00. The first-order valence-corrected chi connectivity index (χ1v) is 13.0. The van der Waals surface area contributed by atoms with Gasteiger partial charge in [0.25, 0.3) is 11.5 Å². The predicted molar refractivity (Wildman–Crippen MR) is 155 cm³/mol. The summed E-state index contributed by atoms with van der Waals surface area (Å²) in [6.45, 7) is 4.88. The summed E-state index contributed by atoms with van der Waals surface area (Å²) < 4.78 is 1.46. The van der Waals surface area contributed by atoms with E-state index in [0.29, 0.717) is 22.4 Å². The summed E-state index contributed by atoms with van der Waals surface area (Å²) >= 11 is 7.04. The first-order chi connectivity index (χ1) is 19.1. The van der Waals surface area contributed by atoms with Gasteiger partial charge in [0.2, 0.25) is 0 Å². The summed E-state index contributed by atoms with van der Waals surface area (Å²) in [4.78, 5) is 51.5. The van der Waals surface area contributed by atoms with Crippen LogP contribution < -0.4 is 21.6 Å². The number of pyridine rings is 2. The van der Waals surface area contributed by atoms with Crippen LogP contribution in [0.4, 0.5) is 5.82 Å². The van der Waals surface area contributed by atoms with Crippen LogP contribution in [0, 0.1) is 0 Å². The molecular weight excluding hydrogens is 532 g/mol. The van der Waals surface area contributed by atoms with Crippen molar-refractivity contribution in [3.8, 4) is 5.69 Å². The Labute approximate surface area is 233 Å². The number of nitrogens with zero attached hydrogens (tertiary/aromatic N) is 3. The van der Waals surface area contributed by atoms with Crippen LogP contribution in [0.3, 0.4) is 0 Å². The number of carbonyl (C=O) groups is 1. The number of hydrogen-bond acceptors (Lipinski definition) is 7. The van der Waals surface area contributed by atoms with Gasteiger partial charge in [0.15, 0.2) is 5.43 Å². The van der Waals surface area contributed by atoms with Crippen molar-refractivity contribution < 1.29 is 9.90 Å². The summed E-state index contributed by atoms with van der Waals surface area (Å²) in [6.07, 6.45) is 2.84. The van der Waals surface area contributed by atoms with E-state index in [2.05, 4.69) is 25.6 Å². The molecule has 0 bridgehead atoms. The van der Waals surface area contributed by atoms with E-state index < -0.39 is 23.0 Å². The number of aromatic nitrogens is 4. The van der Waals surface area contributed by atoms with E-state index in [1.165, 1.54) is 23.2 Å². The van der Waals surface area contributed by atoms with Gasteiger partial charge in [-0.2, -0.15) is 0 Å². The molecule has 2 aromatic carbocycles. The van der Waals surface area contributed by atoms with Crippen molar-refractivity contribution in [1.29, 1.82) is 0 Å². The second-order valence-corrected chi connectivity index (χ2v) is 10.4. The van der Waals surface area contributed by atoms with Crippen molar-refractivity contribution in [3.05, 3.63) is 104 Å². The van der Waals surface area contributed by atoms with Crippen molar-refractivity contribution in [2.45, 2.75) is 32.4 Å². The van der Waals surface area contributed by atoms with Crippen molar-refractivity contribution in [1.82, 2.24) is 24.8 Å². The Bertz CT molecular complexity index is 1860. The predicted octanol–water partition coefficient (Wildman–Crippen LogP) is 3.95. The minimum Gasteiger partial charge on any atom is -0.394 e. The van der Waals surface area contributed by atoms with E-state index >= 15 is 0 Å². The number of halogens is 1. The van der Waals surface area contributed by atoms with Gasteiger partial charge in [0.1, 0.15) is 23.2 Å². The minimum atomic E-state index is -0.905. The highest BCUT2D eigenvalue weighted by molar-refractivity contribution is 6.36. The number of aliphatic hydroxyl groups is 1. The van der Waals surface area contributed by atoms with Gasteiger partial charge in [0, 0.05) is 23.3 Å². The summed E-state index contributed by atoms with van der Waals surface area (Å²) in [5.41, 5.74) is -0.172. The molecule has 0 aliphatic rings. The first-order valence-electron chi connectivity index (χ1n) is 12.6. The number of rotatable bonds is 7. The number of aromatic amines is 1. The van der Waals surface area contributed by atoms with E-state index in [-0.39, 0.29) is 39.2 Å². The molecule has 1 amide bonds. The van der Waals surface area contributed by atoms with Crippen LogP contribution >= 0.6 is 11.6 Å². The van der Waals surface area contributed by atoms with Crippen LogP contribution in [0.2, 0.25) is 5.02 Å². The smallest absolute Gasteiger partial charge is 0.264 e. The van der Waals surface area contributed by atoms with E-state index in [0.717, 1.165) is 0 Å². The molecule has 1 atom stereocenters. The van der Waals surface area contributed by atoms with Crippen LogP contribution in [-0.2, 0) is 0 Å². The van der Waals surface area contributed by atoms with Gasteiger partial charge in [-0.25, -0.2) is 9.97 Å². The van der Waals surface area contributed by atoms with Gasteiger partial charge in [-0.1, -0.05) is 41.9 Å². The Morgan fingerprint density at radius 3 is 2.55 bits per heavy atom. The SMILES string of the molecule is CC(Nc1ncnc2[nH]ccc(=O)c12)c1c(Cl)c2cccc(C(=O)NC(C)(C)CO)c2c(=O)n1-c1ccccc1. The fourth-order valence-corrected chi connectivity index (χ4v) is 5.04. The maximum Gasteiger partial charge on any atom is 0.264 e. The molecule has 0 radical (unpaired) electrons. The third kappa shape index (κ3) is 4.83. The topological polar surface area (TPSA) is 142 Å². The van der Waals surface area contributed by atoms with Gasteiger partial charge in [-0.3, -0.25) is 19.0 Å². The number of nitrogens with one attached hydrogen (secondary N) is 3. The standard InChI is InChI=1S/C29H27ClN6O4/c1-16(34-26-22-20(38)12-13-31-25(22)32-15-33-26)24-23(30)18-10-7-11-19(27(39)35-29(2,3)14-37)21(18)28(40)36(24)17-8-5-4-6-9-17/h4-13,15-16,37H,14H2,1-3H3,(H,35,39)(H2,31,32,33,34,38). The number of fused-ring (bicyclic) bond motifs is 2. The lowest BCUT2D eigenvalue weighted by molar-refractivity contribution is 0.0871. The average Bonchev–Trinajstić information content (AvgIpc) is 2.94. The molecule has 5 aromatic rings. The lowest BCUT2D eigenvalue weighted by Crippen LogP contribution is -2.46. The van der Waals surface area contributed by atoms with Crippen LogP contribution in [0.25, 0.3) is 27.5 Å². The molecule has 0 spiro atoms. The molecule has 4 N–H and O–H groups in total. The summed E-state index contributed by atoms with van der Waals surface area (Å²) in [5, 5.41) is 16.7. The first kappa shape index (κ1) is 27.0. The van der Waals surface area contributed by atoms with Crippen molar-refractivity contribution >= 4 is 45.1 Å². The molecule has 3 heterocycles. The zero-order valence-corrected chi connectivity index (χ0v) is 22.8. The molecule has 0 fully saturated rings. The van der Waals surface area contributed by atoms with Gasteiger partial charge >= 0.3 is 0 Å². The molecule has 11 heteroatoms. The lowest BCUT2D eigenvalue weighted by Gasteiger charge is -2.25. The number of hydrogen-bond donors (Lipinski definition) is 4. The fourth-order valence-electron chi connectivity index (χ4n) is 4.63. The van der Waals surface area contributed by atoms with E-state index in [1.807, 2.05) is 6.07 Å². The molecule has 10 nitrogen and oxygen atoms in total. The maximum atomic E-state index is 14.3. The highest BCUT2D eigenvalue weighted by atomic mass is 35.5. The highest BCUT2D eigenvalue weighted by Gasteiger charge is 2.27. The Morgan fingerprint density at radius 2 is 1.82 bits per heavy atom. The second kappa shape index (κ2) is 10.6. The number of benzene rings is 2. The molecule has 0 saturated heterocycles. The molecule has 0 aliphatic carbocycles. The van der Waals surface area contributed by atoms with Crippen LogP contribution in [0.5, 0.6) is 0 Å². The number of aliphatic hydroxyl groups excluding tert-OH is 1. The molecular formula is C29H27ClN6O4. The Balaban J connectivity index is 1.75. The van der Waals surface area contributed by atoms with Gasteiger partial charge < -0.3 is 20.7 Å². The zero-order chi connectivity index (χ0) is 28.6. The fraction of sp³-hybridized carbons (Fsp3) is 0.207. The molecule has 40 heavy (non-hydrogen) atoms. The maximum absolute atomic E-state index is 14.3. The van der Waals surface area contributed by atoms with Crippen LogP contribution in [0.15, 0.2) is 76.7 Å². The lowest BCUT2D eigenvalue weighted by atomic mass is 10.0. The molecule has 5 rings (SSSR count). The number of H-pyrrole nitrogens is 1. The molecule has 3 aromatic heterocycles. The van der Waals surface area contributed by atoms with Gasteiger partial charge in [0.05, 0.1) is 39.9 Å². The molecule has 204 valence electrons. The quantitative estimate of drug-likeness (QED) is 0.237. The zero-order valence-electron chi connectivity index (χ0n) is 22.0. The van der Waals surface area contributed by atoms with E-state index in [4.69, 9.17) is 11.6 Å². The van der Waals surface area contributed by atoms with Gasteiger partial charge in [-0.15, -0.1) is 0 Å². The monoisotopic (exact) mass is 558 g/mol. The summed E-state index contributed by atoms with van der Waals surface area (Å²) in [7, 11) is 0. The number of anilines is 1. The second-order valence-electron chi connectivity index (χ2n) is 10.1. The Hall–Kier alpha value is -4.54. The highest BCUT2D eigenvalue weighted by Crippen LogP contribution is 2.34. The largest absolute Gasteiger partial charge is 0.394 e. The number of carbonyl (C=O) groups excluding carboxylic acids is 1. The van der Waals surface area contributed by atoms with Crippen molar-refractivity contribution in [2.24, 2.45) is 0 Å². The Morgan fingerprint density at radius 1 is 1.07 bits per heavy atom. The molecule has 1 unspecified atom stereocenters. The average molecular weight is 559 g/mol. The number of amides is 1. The normalized spacial score (nSPS) is 12.4. The third-order valence-electron chi connectivity index (χ3n) is 6.60. The minimum absolute atomic E-state index is 0.135. The van der Waals surface area contributed by atoms with Gasteiger partial charge in [-0.05, 0) is 39.0 Å². The Kier molecular flexibility index (Phi) is 7.14. The summed E-state index contributed by atoms with van der Waals surface area (Å²) in [6, 6.07) is 14.6. The number of para-hydroxylation sites is 1. The van der Waals surface area contributed by atoms with E-state index in [9.17, 15) is 19.5 Å². The summed E-state index contributed by atoms with van der Waals surface area (Å²) in [5.74, 6) is -0.232. The molecule has 0 aliphatic heterocycles. The van der Waals surface area contributed by atoms with Crippen molar-refractivity contribution in [2.75, 3.05) is 11.9 Å². The van der Waals surface area contributed by atoms with E-state index in [1.54, 1.807) is 63.2 Å². The van der Waals surface area contributed by atoms with Crippen LogP contribution in [-0.4, -0.2) is 42.7 Å². The molecule has 0 saturated carbocycles.